The van der Waals surface area contributed by atoms with Gasteiger partial charge < -0.3 is 9.72 Å². The van der Waals surface area contributed by atoms with Crippen LogP contribution in [0.4, 0.5) is 0 Å². The maximum absolute atomic E-state index is 10.9. The van der Waals surface area contributed by atoms with Crippen LogP contribution < -0.4 is 5.56 Å². The van der Waals surface area contributed by atoms with Crippen molar-refractivity contribution in [1.29, 1.82) is 0 Å². The summed E-state index contributed by atoms with van der Waals surface area (Å²) in [5.74, 6) is -0.284. The number of hydrogen-bond donors (Lipinski definition) is 1. The van der Waals surface area contributed by atoms with Crippen LogP contribution in [-0.2, 0) is 9.53 Å². The van der Waals surface area contributed by atoms with Crippen molar-refractivity contribution in [1.82, 2.24) is 4.98 Å². The fourth-order valence-electron chi connectivity index (χ4n) is 1.13. The molecule has 0 aliphatic rings. The Balaban J connectivity index is 2.72. The number of rotatable bonds is 3. The van der Waals surface area contributed by atoms with Crippen LogP contribution >= 0.6 is 0 Å². The van der Waals surface area contributed by atoms with Gasteiger partial charge in [0.2, 0.25) is 5.56 Å². The highest BCUT2D eigenvalue weighted by Gasteiger charge is 1.96. The summed E-state index contributed by atoms with van der Waals surface area (Å²) in [7, 11) is 1.35. The highest BCUT2D eigenvalue weighted by molar-refractivity contribution is 5.72. The molecule has 1 N–H and O–H groups in total. The summed E-state index contributed by atoms with van der Waals surface area (Å²) in [5, 5.41) is 0. The topological polar surface area (TPSA) is 59.2 Å². The van der Waals surface area contributed by atoms with E-state index in [1.54, 1.807) is 18.3 Å². The molecule has 4 nitrogen and oxygen atoms in total. The van der Waals surface area contributed by atoms with Gasteiger partial charge in [-0.25, -0.2) is 0 Å². The first kappa shape index (κ1) is 11.2. The molecule has 0 unspecified atom stereocenters. The summed E-state index contributed by atoms with van der Waals surface area (Å²) in [4.78, 5) is 24.3. The molecule has 80 valence electrons. The Morgan fingerprint density at radius 3 is 2.93 bits per heavy atom. The van der Waals surface area contributed by atoms with E-state index in [0.717, 1.165) is 11.1 Å². The first-order valence-electron chi connectivity index (χ1n) is 4.56. The Morgan fingerprint density at radius 2 is 2.33 bits per heavy atom. The number of aromatic amines is 1. The van der Waals surface area contributed by atoms with Crippen LogP contribution in [0.15, 0.2) is 23.1 Å². The number of carbonyl (C=O) groups excluding carboxylic acids is 1. The number of aryl methyl sites for hydroxylation is 1. The number of nitrogens with one attached hydrogen (secondary N) is 1. The number of pyridine rings is 1. The Kier molecular flexibility index (Phi) is 3.85. The van der Waals surface area contributed by atoms with Crippen LogP contribution in [0.3, 0.4) is 0 Å². The SMILES string of the molecule is COC(=O)CC=Cc1c[nH]c(=O)cc1C. The lowest BCUT2D eigenvalue weighted by molar-refractivity contribution is -0.139. The second kappa shape index (κ2) is 5.14. The van der Waals surface area contributed by atoms with E-state index in [2.05, 4.69) is 9.72 Å². The van der Waals surface area contributed by atoms with E-state index in [0.29, 0.717) is 0 Å². The van der Waals surface area contributed by atoms with E-state index < -0.39 is 0 Å². The molecule has 1 aromatic rings. The number of hydrogen-bond acceptors (Lipinski definition) is 3. The lowest BCUT2D eigenvalue weighted by atomic mass is 10.1. The van der Waals surface area contributed by atoms with Gasteiger partial charge in [0.25, 0.3) is 0 Å². The van der Waals surface area contributed by atoms with Gasteiger partial charge in [-0.3, -0.25) is 9.59 Å². The molecule has 1 aromatic heterocycles. The molecule has 0 spiro atoms. The fraction of sp³-hybridized carbons (Fsp3) is 0.273. The van der Waals surface area contributed by atoms with Gasteiger partial charge in [0.15, 0.2) is 0 Å². The predicted molar refractivity (Wildman–Crippen MR) is 57.5 cm³/mol. The Bertz CT molecular complexity index is 432. The fourth-order valence-corrected chi connectivity index (χ4v) is 1.13. The summed E-state index contributed by atoms with van der Waals surface area (Å²) in [6.45, 7) is 1.84. The highest BCUT2D eigenvalue weighted by Crippen LogP contribution is 2.05. The molecule has 4 heteroatoms. The lowest BCUT2D eigenvalue weighted by Crippen LogP contribution is -2.04. The summed E-state index contributed by atoms with van der Waals surface area (Å²) < 4.78 is 4.49. The Morgan fingerprint density at radius 1 is 1.60 bits per heavy atom. The van der Waals surface area contributed by atoms with E-state index in [1.165, 1.54) is 13.2 Å². The van der Waals surface area contributed by atoms with Crippen LogP contribution in [0.5, 0.6) is 0 Å². The third-order valence-electron chi connectivity index (χ3n) is 1.98. The van der Waals surface area contributed by atoms with Gasteiger partial charge in [-0.05, 0) is 18.1 Å². The summed E-state index contributed by atoms with van der Waals surface area (Å²) in [6, 6.07) is 1.51. The zero-order chi connectivity index (χ0) is 11.3. The largest absolute Gasteiger partial charge is 0.469 e. The standard InChI is InChI=1S/C11H13NO3/c1-8-6-10(13)12-7-9(8)4-3-5-11(14)15-2/h3-4,6-7H,5H2,1-2H3,(H,12,13). The van der Waals surface area contributed by atoms with E-state index in [-0.39, 0.29) is 17.9 Å². The lowest BCUT2D eigenvalue weighted by Gasteiger charge is -1.97. The molecule has 0 saturated heterocycles. The monoisotopic (exact) mass is 207 g/mol. The Hall–Kier alpha value is -1.84. The van der Waals surface area contributed by atoms with Crippen LogP contribution in [0.2, 0.25) is 0 Å². The summed E-state index contributed by atoms with van der Waals surface area (Å²) >= 11 is 0. The molecule has 0 bridgehead atoms. The number of esters is 1. The van der Waals surface area contributed by atoms with Crippen LogP contribution in [0.1, 0.15) is 17.5 Å². The molecule has 0 atom stereocenters. The van der Waals surface area contributed by atoms with E-state index in [1.807, 2.05) is 6.92 Å². The molecule has 15 heavy (non-hydrogen) atoms. The first-order chi connectivity index (χ1) is 7.13. The minimum Gasteiger partial charge on any atom is -0.469 e. The van der Waals surface area contributed by atoms with Gasteiger partial charge in [-0.2, -0.15) is 0 Å². The van der Waals surface area contributed by atoms with Crippen molar-refractivity contribution < 1.29 is 9.53 Å². The average molecular weight is 207 g/mol. The highest BCUT2D eigenvalue weighted by atomic mass is 16.5. The van der Waals surface area contributed by atoms with Crippen molar-refractivity contribution in [3.05, 3.63) is 39.8 Å². The average Bonchev–Trinajstić information content (AvgIpc) is 2.21. The van der Waals surface area contributed by atoms with Crippen molar-refractivity contribution in [2.24, 2.45) is 0 Å². The molecule has 0 amide bonds. The molecule has 0 aliphatic carbocycles. The quantitative estimate of drug-likeness (QED) is 0.759. The van der Waals surface area contributed by atoms with Gasteiger partial charge in [-0.15, -0.1) is 0 Å². The summed E-state index contributed by atoms with van der Waals surface area (Å²) in [5.41, 5.74) is 1.64. The third-order valence-corrected chi connectivity index (χ3v) is 1.98. The summed E-state index contributed by atoms with van der Waals surface area (Å²) in [6.07, 6.45) is 5.33. The molecule has 1 heterocycles. The van der Waals surface area contributed by atoms with E-state index in [9.17, 15) is 9.59 Å². The smallest absolute Gasteiger partial charge is 0.309 e. The van der Waals surface area contributed by atoms with E-state index in [4.69, 9.17) is 0 Å². The van der Waals surface area contributed by atoms with Crippen molar-refractivity contribution in [3.63, 3.8) is 0 Å². The number of aromatic nitrogens is 1. The normalized spacial score (nSPS) is 10.5. The molecular formula is C11H13NO3. The van der Waals surface area contributed by atoms with Gasteiger partial charge in [0.1, 0.15) is 0 Å². The van der Waals surface area contributed by atoms with Crippen molar-refractivity contribution in [2.45, 2.75) is 13.3 Å². The minimum atomic E-state index is -0.284. The van der Waals surface area contributed by atoms with Gasteiger partial charge in [0, 0.05) is 12.3 Å². The second-order valence-corrected chi connectivity index (χ2v) is 3.12. The molecule has 0 saturated carbocycles. The van der Waals surface area contributed by atoms with Crippen LogP contribution in [0.25, 0.3) is 6.08 Å². The number of carbonyl (C=O) groups is 1. The molecule has 0 radical (unpaired) electrons. The molecule has 1 rings (SSSR count). The minimum absolute atomic E-state index is 0.127. The van der Waals surface area contributed by atoms with Crippen LogP contribution in [-0.4, -0.2) is 18.1 Å². The molecule has 0 aromatic carbocycles. The maximum atomic E-state index is 10.9. The predicted octanol–water partition coefficient (Wildman–Crippen LogP) is 1.26. The third kappa shape index (κ3) is 3.42. The second-order valence-electron chi connectivity index (χ2n) is 3.12. The van der Waals surface area contributed by atoms with E-state index >= 15 is 0 Å². The number of methoxy groups -OCH3 is 1. The number of ether oxygens (including phenoxy) is 1. The van der Waals surface area contributed by atoms with Crippen LogP contribution in [0, 0.1) is 6.92 Å². The Labute approximate surface area is 87.6 Å². The van der Waals surface area contributed by atoms with Crippen molar-refractivity contribution >= 4 is 12.0 Å². The van der Waals surface area contributed by atoms with Gasteiger partial charge in [0.05, 0.1) is 13.5 Å². The molecule has 0 fully saturated rings. The molecular weight excluding hydrogens is 194 g/mol. The zero-order valence-corrected chi connectivity index (χ0v) is 8.74. The maximum Gasteiger partial charge on any atom is 0.309 e. The van der Waals surface area contributed by atoms with Crippen molar-refractivity contribution in [2.75, 3.05) is 7.11 Å². The molecule has 0 aliphatic heterocycles. The van der Waals surface area contributed by atoms with Gasteiger partial charge >= 0.3 is 5.97 Å². The zero-order valence-electron chi connectivity index (χ0n) is 8.74. The van der Waals surface area contributed by atoms with Crippen molar-refractivity contribution in [3.8, 4) is 0 Å². The first-order valence-corrected chi connectivity index (χ1v) is 4.56. The number of H-pyrrole nitrogens is 1. The van der Waals surface area contributed by atoms with Gasteiger partial charge in [-0.1, -0.05) is 12.2 Å².